The maximum Gasteiger partial charge on any atom is 0.222 e. The van der Waals surface area contributed by atoms with Crippen LogP contribution in [0.3, 0.4) is 0 Å². The molecule has 1 atom stereocenters. The summed E-state index contributed by atoms with van der Waals surface area (Å²) >= 11 is 0. The van der Waals surface area contributed by atoms with Crippen molar-refractivity contribution in [3.8, 4) is 5.75 Å². The van der Waals surface area contributed by atoms with Crippen LogP contribution in [0.25, 0.3) is 0 Å². The van der Waals surface area contributed by atoms with Crippen LogP contribution in [0.15, 0.2) is 29.3 Å². The molecule has 2 rings (SSSR count). The van der Waals surface area contributed by atoms with Gasteiger partial charge in [0.25, 0.3) is 0 Å². The van der Waals surface area contributed by atoms with E-state index in [4.69, 9.17) is 10.5 Å². The third kappa shape index (κ3) is 4.38. The number of hydrogen-bond acceptors (Lipinski definition) is 3. The second-order valence-electron chi connectivity index (χ2n) is 5.58. The summed E-state index contributed by atoms with van der Waals surface area (Å²) in [7, 11) is 0. The van der Waals surface area contributed by atoms with Crippen LogP contribution in [0.1, 0.15) is 31.9 Å². The van der Waals surface area contributed by atoms with Crippen molar-refractivity contribution in [3.63, 3.8) is 0 Å². The van der Waals surface area contributed by atoms with E-state index in [-0.39, 0.29) is 17.9 Å². The highest BCUT2D eigenvalue weighted by Crippen LogP contribution is 2.31. The number of rotatable bonds is 5. The average Bonchev–Trinajstić information content (AvgIpc) is 2.51. The lowest BCUT2D eigenvalue weighted by atomic mass is 10.0. The number of guanidine groups is 1. The van der Waals surface area contributed by atoms with E-state index < -0.39 is 0 Å². The first-order valence-corrected chi connectivity index (χ1v) is 7.64. The number of fused-ring (bicyclic) bond motifs is 1. The Morgan fingerprint density at radius 2 is 2.23 bits per heavy atom. The van der Waals surface area contributed by atoms with Crippen LogP contribution in [0.5, 0.6) is 5.75 Å². The molecule has 1 aliphatic rings. The summed E-state index contributed by atoms with van der Waals surface area (Å²) in [5.74, 6) is 1.29. The van der Waals surface area contributed by atoms with Crippen molar-refractivity contribution in [2.24, 2.45) is 16.6 Å². The molecule has 6 nitrogen and oxygen atoms in total. The molecule has 0 bridgehead atoms. The maximum absolute atomic E-state index is 11.4. The molecule has 0 fully saturated rings. The summed E-state index contributed by atoms with van der Waals surface area (Å²) in [6, 6.07) is 8.03. The molecule has 0 spiro atoms. The van der Waals surface area contributed by atoms with Crippen LogP contribution in [0.4, 0.5) is 0 Å². The Kier molecular flexibility index (Phi) is 5.63. The van der Waals surface area contributed by atoms with Gasteiger partial charge < -0.3 is 21.1 Å². The first-order valence-electron chi connectivity index (χ1n) is 7.64. The second-order valence-corrected chi connectivity index (χ2v) is 5.58. The smallest absolute Gasteiger partial charge is 0.222 e. The van der Waals surface area contributed by atoms with Crippen molar-refractivity contribution in [1.29, 1.82) is 0 Å². The van der Waals surface area contributed by atoms with Gasteiger partial charge >= 0.3 is 0 Å². The molecule has 0 aromatic heterocycles. The van der Waals surface area contributed by atoms with Crippen LogP contribution in [-0.2, 0) is 4.79 Å². The van der Waals surface area contributed by atoms with Gasteiger partial charge in [-0.25, -0.2) is 0 Å². The normalized spacial score (nSPS) is 17.6. The number of ether oxygens (including phenoxy) is 1. The number of aliphatic imine (C=N–C) groups is 1. The molecule has 1 aliphatic heterocycles. The molecule has 0 saturated heterocycles. The van der Waals surface area contributed by atoms with Crippen molar-refractivity contribution in [2.45, 2.75) is 26.3 Å². The molecule has 4 N–H and O–H groups in total. The highest BCUT2D eigenvalue weighted by atomic mass is 16.5. The molecular formula is C16H24N4O2. The van der Waals surface area contributed by atoms with Gasteiger partial charge in [0.1, 0.15) is 5.75 Å². The predicted molar refractivity (Wildman–Crippen MR) is 86.8 cm³/mol. The quantitative estimate of drug-likeness (QED) is 0.433. The van der Waals surface area contributed by atoms with Crippen LogP contribution in [0, 0.1) is 5.92 Å². The van der Waals surface area contributed by atoms with Crippen LogP contribution < -0.4 is 21.1 Å². The van der Waals surface area contributed by atoms with E-state index in [1.54, 1.807) is 0 Å². The first kappa shape index (κ1) is 16.1. The van der Waals surface area contributed by atoms with E-state index in [1.165, 1.54) is 0 Å². The van der Waals surface area contributed by atoms with E-state index in [2.05, 4.69) is 15.6 Å². The second kappa shape index (κ2) is 7.68. The summed E-state index contributed by atoms with van der Waals surface area (Å²) in [5, 5.41) is 6.03. The third-order valence-electron chi connectivity index (χ3n) is 3.50. The Hall–Kier alpha value is -2.24. The zero-order valence-corrected chi connectivity index (χ0v) is 13.1. The zero-order chi connectivity index (χ0) is 15.9. The van der Waals surface area contributed by atoms with Gasteiger partial charge in [0, 0.05) is 24.4 Å². The molecule has 1 aromatic carbocycles. The first-order chi connectivity index (χ1) is 10.6. The van der Waals surface area contributed by atoms with E-state index in [0.717, 1.165) is 17.7 Å². The number of benzene rings is 1. The minimum Gasteiger partial charge on any atom is -0.493 e. The van der Waals surface area contributed by atoms with E-state index in [1.807, 2.05) is 38.1 Å². The number of nitrogens with one attached hydrogen (secondary N) is 2. The highest BCUT2D eigenvalue weighted by Gasteiger charge is 2.21. The van der Waals surface area contributed by atoms with Crippen molar-refractivity contribution in [3.05, 3.63) is 29.8 Å². The van der Waals surface area contributed by atoms with E-state index in [0.29, 0.717) is 25.7 Å². The van der Waals surface area contributed by atoms with Crippen LogP contribution >= 0.6 is 0 Å². The number of carbonyl (C=O) groups is 1. The van der Waals surface area contributed by atoms with Gasteiger partial charge in [-0.2, -0.15) is 0 Å². The summed E-state index contributed by atoms with van der Waals surface area (Å²) in [5.41, 5.74) is 7.02. The molecule has 1 aromatic rings. The monoisotopic (exact) mass is 304 g/mol. The van der Waals surface area contributed by atoms with Gasteiger partial charge in [-0.1, -0.05) is 32.0 Å². The standard InChI is InChI=1S/C16H24N4O2/c1-11(2)15(21)18-8-9-19-16(17)20-13-7-10-22-14-6-4-3-5-12(13)14/h3-6,11,13H,7-10H2,1-2H3,(H,18,21)(H3,17,19,20). The minimum atomic E-state index is -0.0156. The van der Waals surface area contributed by atoms with Crippen molar-refractivity contribution >= 4 is 11.9 Å². The topological polar surface area (TPSA) is 88.7 Å². The van der Waals surface area contributed by atoms with Crippen molar-refractivity contribution in [2.75, 3.05) is 19.7 Å². The van der Waals surface area contributed by atoms with Gasteiger partial charge in [-0.15, -0.1) is 0 Å². The number of nitrogens with zero attached hydrogens (tertiary/aromatic N) is 1. The average molecular weight is 304 g/mol. The Bertz CT molecular complexity index is 543. The molecule has 120 valence electrons. The number of nitrogens with two attached hydrogens (primary N) is 1. The van der Waals surface area contributed by atoms with Crippen molar-refractivity contribution < 1.29 is 9.53 Å². The molecule has 1 unspecified atom stereocenters. The van der Waals surface area contributed by atoms with E-state index in [9.17, 15) is 4.79 Å². The highest BCUT2D eigenvalue weighted by molar-refractivity contribution is 5.79. The van der Waals surface area contributed by atoms with E-state index >= 15 is 0 Å². The summed E-state index contributed by atoms with van der Waals surface area (Å²) in [6.07, 6.45) is 0.845. The summed E-state index contributed by atoms with van der Waals surface area (Å²) in [4.78, 5) is 15.7. The van der Waals surface area contributed by atoms with Gasteiger partial charge in [0.2, 0.25) is 5.91 Å². The van der Waals surface area contributed by atoms with Gasteiger partial charge in [-0.05, 0) is 6.07 Å². The largest absolute Gasteiger partial charge is 0.493 e. The van der Waals surface area contributed by atoms with Gasteiger partial charge in [0.05, 0.1) is 19.2 Å². The zero-order valence-electron chi connectivity index (χ0n) is 13.1. The fourth-order valence-corrected chi connectivity index (χ4v) is 2.28. The molecule has 1 amide bonds. The molecule has 22 heavy (non-hydrogen) atoms. The number of carbonyl (C=O) groups excluding carboxylic acids is 1. The fraction of sp³-hybridized carbons (Fsp3) is 0.500. The number of amides is 1. The molecule has 6 heteroatoms. The van der Waals surface area contributed by atoms with Crippen LogP contribution in [0.2, 0.25) is 0 Å². The predicted octanol–water partition coefficient (Wildman–Crippen LogP) is 1.19. The molecule has 0 saturated carbocycles. The minimum absolute atomic E-state index is 0.0156. The third-order valence-corrected chi connectivity index (χ3v) is 3.50. The molecule has 0 radical (unpaired) electrons. The van der Waals surface area contributed by atoms with Gasteiger partial charge in [0.15, 0.2) is 5.96 Å². The molecular weight excluding hydrogens is 280 g/mol. The number of hydrogen-bond donors (Lipinski definition) is 3. The Balaban J connectivity index is 1.83. The molecule has 0 aliphatic carbocycles. The Morgan fingerprint density at radius 3 is 3.00 bits per heavy atom. The number of para-hydroxylation sites is 1. The van der Waals surface area contributed by atoms with Crippen LogP contribution in [-0.4, -0.2) is 31.6 Å². The SMILES string of the molecule is CC(C)C(=O)NCCN=C(N)NC1CCOc2ccccc21. The summed E-state index contributed by atoms with van der Waals surface area (Å²) < 4.78 is 5.61. The maximum atomic E-state index is 11.4. The van der Waals surface area contributed by atoms with Gasteiger partial charge in [-0.3, -0.25) is 9.79 Å². The lowest BCUT2D eigenvalue weighted by Crippen LogP contribution is -2.38. The Morgan fingerprint density at radius 1 is 1.45 bits per heavy atom. The lowest BCUT2D eigenvalue weighted by molar-refractivity contribution is -0.123. The lowest BCUT2D eigenvalue weighted by Gasteiger charge is -2.26. The molecule has 1 heterocycles. The fourth-order valence-electron chi connectivity index (χ4n) is 2.28. The van der Waals surface area contributed by atoms with Crippen molar-refractivity contribution in [1.82, 2.24) is 10.6 Å². The summed E-state index contributed by atoms with van der Waals surface area (Å²) in [6.45, 7) is 5.33. The Labute approximate surface area is 131 Å².